The molecule has 0 spiro atoms. The van der Waals surface area contributed by atoms with E-state index in [4.69, 9.17) is 10.5 Å². The molecular weight excluding hydrogens is 126 g/mol. The molecule has 3 heteroatoms. The van der Waals surface area contributed by atoms with Crippen LogP contribution in [0.1, 0.15) is 13.3 Å². The van der Waals surface area contributed by atoms with Gasteiger partial charge in [0.25, 0.3) is 0 Å². The molecule has 0 bridgehead atoms. The first-order valence-electron chi connectivity index (χ1n) is 3.34. The fourth-order valence-electron chi connectivity index (χ4n) is 1.26. The van der Waals surface area contributed by atoms with Crippen LogP contribution in [-0.2, 0) is 0 Å². The van der Waals surface area contributed by atoms with Crippen LogP contribution in [0.25, 0.3) is 0 Å². The lowest BCUT2D eigenvalue weighted by Crippen LogP contribution is -2.20. The average molecular weight is 135 g/mol. The van der Waals surface area contributed by atoms with E-state index in [0.717, 1.165) is 6.42 Å². The third-order valence-corrected chi connectivity index (χ3v) is 1.89. The molecule has 1 aliphatic heterocycles. The van der Waals surface area contributed by atoms with E-state index in [1.807, 2.05) is 6.92 Å². The summed E-state index contributed by atoms with van der Waals surface area (Å²) in [7, 11) is 0. The first kappa shape index (κ1) is 6.89. The third kappa shape index (κ3) is 1.04. The van der Waals surface area contributed by atoms with Gasteiger partial charge in [-0.2, -0.15) is 10.5 Å². The molecule has 1 aliphatic rings. The Labute approximate surface area is 60.5 Å². The maximum absolute atomic E-state index is 8.52. The summed E-state index contributed by atoms with van der Waals surface area (Å²) in [6.07, 6.45) is 2.90. The fourth-order valence-corrected chi connectivity index (χ4v) is 1.26. The molecule has 10 heavy (non-hydrogen) atoms. The topological polar surface area (TPSA) is 50.8 Å². The van der Waals surface area contributed by atoms with E-state index < -0.39 is 0 Å². The molecule has 0 saturated carbocycles. The molecule has 3 nitrogen and oxygen atoms in total. The van der Waals surface area contributed by atoms with Crippen LogP contribution in [0.2, 0.25) is 0 Å². The van der Waals surface area contributed by atoms with Crippen molar-refractivity contribution in [1.82, 2.24) is 4.90 Å². The Kier molecular flexibility index (Phi) is 1.78. The Morgan fingerprint density at radius 1 is 1.50 bits per heavy atom. The maximum atomic E-state index is 8.52. The summed E-state index contributed by atoms with van der Waals surface area (Å²) in [5.74, 6) is 0.0645. The van der Waals surface area contributed by atoms with Gasteiger partial charge in [0.2, 0.25) is 0 Å². The molecule has 0 aliphatic carbocycles. The number of hydrogen-bond acceptors (Lipinski definition) is 3. The van der Waals surface area contributed by atoms with E-state index in [9.17, 15) is 0 Å². The predicted molar refractivity (Wildman–Crippen MR) is 35.5 cm³/mol. The summed E-state index contributed by atoms with van der Waals surface area (Å²) < 4.78 is 0. The molecular formula is C7H9N3. The van der Waals surface area contributed by atoms with Gasteiger partial charge in [0.1, 0.15) is 0 Å². The fraction of sp³-hybridized carbons (Fsp3) is 0.714. The molecule has 0 radical (unpaired) electrons. The minimum absolute atomic E-state index is 0.0645. The van der Waals surface area contributed by atoms with E-state index in [-0.39, 0.29) is 12.0 Å². The van der Waals surface area contributed by atoms with E-state index in [1.165, 1.54) is 0 Å². The van der Waals surface area contributed by atoms with Crippen molar-refractivity contribution in [1.29, 1.82) is 10.5 Å². The minimum atomic E-state index is 0.0645. The van der Waals surface area contributed by atoms with Crippen molar-refractivity contribution in [2.24, 2.45) is 5.92 Å². The second-order valence-electron chi connectivity index (χ2n) is 2.66. The SMILES string of the molecule is CC1C[C@@H](C#N)CN1C#N. The first-order chi connectivity index (χ1) is 4.77. The van der Waals surface area contributed by atoms with E-state index in [1.54, 1.807) is 4.90 Å². The quantitative estimate of drug-likeness (QED) is 0.459. The third-order valence-electron chi connectivity index (χ3n) is 1.89. The summed E-state index contributed by atoms with van der Waals surface area (Å²) in [5.41, 5.74) is 0. The smallest absolute Gasteiger partial charge is 0.179 e. The van der Waals surface area contributed by atoms with Gasteiger partial charge < -0.3 is 4.90 Å². The van der Waals surface area contributed by atoms with Crippen molar-refractivity contribution >= 4 is 0 Å². The maximum Gasteiger partial charge on any atom is 0.179 e. The molecule has 2 atom stereocenters. The van der Waals surface area contributed by atoms with Crippen molar-refractivity contribution < 1.29 is 0 Å². The number of rotatable bonds is 0. The lowest BCUT2D eigenvalue weighted by Gasteiger charge is -2.10. The molecule has 1 rings (SSSR count). The zero-order valence-electron chi connectivity index (χ0n) is 5.91. The Morgan fingerprint density at radius 2 is 2.20 bits per heavy atom. The van der Waals surface area contributed by atoms with Gasteiger partial charge in [0.05, 0.1) is 12.0 Å². The number of nitriles is 2. The summed E-state index contributed by atoms with van der Waals surface area (Å²) in [6.45, 7) is 2.59. The van der Waals surface area contributed by atoms with Gasteiger partial charge >= 0.3 is 0 Å². The molecule has 1 saturated heterocycles. The molecule has 52 valence electrons. The van der Waals surface area contributed by atoms with Crippen LogP contribution in [-0.4, -0.2) is 17.5 Å². The number of nitrogens with zero attached hydrogens (tertiary/aromatic N) is 3. The largest absolute Gasteiger partial charge is 0.307 e. The van der Waals surface area contributed by atoms with Gasteiger partial charge in [-0.25, -0.2) is 0 Å². The van der Waals surface area contributed by atoms with Crippen molar-refractivity contribution in [3.8, 4) is 12.3 Å². The summed E-state index contributed by atoms with van der Waals surface area (Å²) in [6, 6.07) is 2.42. The highest BCUT2D eigenvalue weighted by Crippen LogP contribution is 2.20. The molecule has 1 fully saturated rings. The van der Waals surface area contributed by atoms with E-state index in [2.05, 4.69) is 12.3 Å². The molecule has 0 aromatic carbocycles. The molecule has 0 amide bonds. The Balaban J connectivity index is 2.56. The van der Waals surface area contributed by atoms with Crippen LogP contribution in [0.3, 0.4) is 0 Å². The molecule has 0 aromatic rings. The normalized spacial score (nSPS) is 31.3. The van der Waals surface area contributed by atoms with Gasteiger partial charge in [-0.1, -0.05) is 0 Å². The summed E-state index contributed by atoms with van der Waals surface area (Å²) in [5, 5.41) is 17.0. The zero-order chi connectivity index (χ0) is 7.56. The van der Waals surface area contributed by atoms with Gasteiger partial charge in [0.15, 0.2) is 6.19 Å². The van der Waals surface area contributed by atoms with Gasteiger partial charge in [-0.05, 0) is 13.3 Å². The summed E-state index contributed by atoms with van der Waals surface area (Å²) in [4.78, 5) is 1.66. The molecule has 0 N–H and O–H groups in total. The van der Waals surface area contributed by atoms with Gasteiger partial charge in [-0.3, -0.25) is 0 Å². The predicted octanol–water partition coefficient (Wildman–Crippen LogP) is 0.701. The highest BCUT2D eigenvalue weighted by atomic mass is 15.2. The lowest BCUT2D eigenvalue weighted by atomic mass is 10.1. The zero-order valence-corrected chi connectivity index (χ0v) is 5.91. The minimum Gasteiger partial charge on any atom is -0.307 e. The van der Waals surface area contributed by atoms with Crippen molar-refractivity contribution in [3.05, 3.63) is 0 Å². The Hall–Kier alpha value is -1.22. The second kappa shape index (κ2) is 2.58. The van der Waals surface area contributed by atoms with Gasteiger partial charge in [0, 0.05) is 12.6 Å². The van der Waals surface area contributed by atoms with Crippen molar-refractivity contribution in [3.63, 3.8) is 0 Å². The standard InChI is InChI=1S/C7H9N3/c1-6-2-7(3-8)4-10(6)5-9/h6-7H,2,4H2,1H3/t6?,7-/m0/s1. The van der Waals surface area contributed by atoms with Gasteiger partial charge in [-0.15, -0.1) is 0 Å². The second-order valence-corrected chi connectivity index (χ2v) is 2.66. The number of hydrogen-bond donors (Lipinski definition) is 0. The van der Waals surface area contributed by atoms with Crippen LogP contribution < -0.4 is 0 Å². The molecule has 1 unspecified atom stereocenters. The first-order valence-corrected chi connectivity index (χ1v) is 3.34. The monoisotopic (exact) mass is 135 g/mol. The van der Waals surface area contributed by atoms with E-state index >= 15 is 0 Å². The Bertz CT molecular complexity index is 198. The summed E-state index contributed by atoms with van der Waals surface area (Å²) >= 11 is 0. The number of likely N-dealkylation sites (tertiary alicyclic amines) is 1. The van der Waals surface area contributed by atoms with Crippen LogP contribution in [0, 0.1) is 28.7 Å². The van der Waals surface area contributed by atoms with Crippen LogP contribution in [0.15, 0.2) is 0 Å². The van der Waals surface area contributed by atoms with Crippen molar-refractivity contribution in [2.45, 2.75) is 19.4 Å². The average Bonchev–Trinajstić information content (AvgIpc) is 2.30. The highest BCUT2D eigenvalue weighted by Gasteiger charge is 2.27. The van der Waals surface area contributed by atoms with Crippen molar-refractivity contribution in [2.75, 3.05) is 6.54 Å². The lowest BCUT2D eigenvalue weighted by molar-refractivity contribution is 0.386. The Morgan fingerprint density at radius 3 is 2.50 bits per heavy atom. The van der Waals surface area contributed by atoms with Crippen LogP contribution in [0.5, 0.6) is 0 Å². The van der Waals surface area contributed by atoms with Crippen LogP contribution in [0.4, 0.5) is 0 Å². The molecule has 1 heterocycles. The molecule has 0 aromatic heterocycles. The highest BCUT2D eigenvalue weighted by molar-refractivity contribution is 4.98. The van der Waals surface area contributed by atoms with Crippen LogP contribution >= 0.6 is 0 Å². The van der Waals surface area contributed by atoms with E-state index in [0.29, 0.717) is 6.54 Å².